The summed E-state index contributed by atoms with van der Waals surface area (Å²) in [5, 5.41) is 0. The molecule has 0 heterocycles. The molecule has 0 saturated heterocycles. The second-order valence-electron chi connectivity index (χ2n) is 4.75. The monoisotopic (exact) mass is 279 g/mol. The molecule has 0 amide bonds. The van der Waals surface area contributed by atoms with Gasteiger partial charge in [-0.1, -0.05) is 25.1 Å². The Balaban J connectivity index is 3.08. The van der Waals surface area contributed by atoms with Crippen LogP contribution >= 0.6 is 0 Å². The molecule has 0 saturated carbocycles. The average Bonchev–Trinajstić information content (AvgIpc) is 2.45. The lowest BCUT2D eigenvalue weighted by atomic mass is 10.1. The normalized spacial score (nSPS) is 10.5. The SMILES string of the molecule is C=C(C)CN(CC)Cc1ccc(OC)c(OC)c1OC. The van der Waals surface area contributed by atoms with Crippen molar-refractivity contribution in [1.29, 1.82) is 0 Å². The number of nitrogens with zero attached hydrogens (tertiary/aromatic N) is 1. The van der Waals surface area contributed by atoms with Crippen molar-refractivity contribution in [2.75, 3.05) is 34.4 Å². The van der Waals surface area contributed by atoms with Gasteiger partial charge in [0.15, 0.2) is 11.5 Å². The number of hydrogen-bond acceptors (Lipinski definition) is 4. The summed E-state index contributed by atoms with van der Waals surface area (Å²) in [7, 11) is 4.89. The predicted octanol–water partition coefficient (Wildman–Crippen LogP) is 3.11. The molecule has 0 aliphatic heterocycles. The van der Waals surface area contributed by atoms with Gasteiger partial charge in [0.2, 0.25) is 5.75 Å². The molecule has 0 N–H and O–H groups in total. The molecular formula is C16H25NO3. The lowest BCUT2D eigenvalue weighted by Gasteiger charge is -2.23. The molecule has 1 aromatic carbocycles. The summed E-state index contributed by atoms with van der Waals surface area (Å²) < 4.78 is 16.2. The van der Waals surface area contributed by atoms with Crippen LogP contribution in [0.4, 0.5) is 0 Å². The maximum atomic E-state index is 5.51. The van der Waals surface area contributed by atoms with Gasteiger partial charge < -0.3 is 14.2 Å². The standard InChI is InChI=1S/C16H25NO3/c1-7-17(10-12(2)3)11-13-8-9-14(18-4)16(20-6)15(13)19-5/h8-9H,2,7,10-11H2,1,3-6H3. The molecule has 0 fully saturated rings. The van der Waals surface area contributed by atoms with Crippen LogP contribution < -0.4 is 14.2 Å². The first-order valence-corrected chi connectivity index (χ1v) is 6.71. The summed E-state index contributed by atoms with van der Waals surface area (Å²) in [6, 6.07) is 3.92. The third-order valence-corrected chi connectivity index (χ3v) is 3.12. The van der Waals surface area contributed by atoms with Crippen molar-refractivity contribution in [1.82, 2.24) is 4.90 Å². The van der Waals surface area contributed by atoms with Crippen molar-refractivity contribution in [2.24, 2.45) is 0 Å². The summed E-state index contributed by atoms with van der Waals surface area (Å²) >= 11 is 0. The molecule has 0 atom stereocenters. The molecule has 1 aromatic rings. The minimum Gasteiger partial charge on any atom is -0.493 e. The van der Waals surface area contributed by atoms with E-state index < -0.39 is 0 Å². The van der Waals surface area contributed by atoms with Crippen LogP contribution in [0.2, 0.25) is 0 Å². The van der Waals surface area contributed by atoms with E-state index in [1.165, 1.54) is 0 Å². The third kappa shape index (κ3) is 3.90. The second kappa shape index (κ2) is 7.80. The van der Waals surface area contributed by atoms with Crippen molar-refractivity contribution in [3.8, 4) is 17.2 Å². The molecule has 0 bridgehead atoms. The molecule has 4 nitrogen and oxygen atoms in total. The van der Waals surface area contributed by atoms with Gasteiger partial charge in [-0.15, -0.1) is 0 Å². The van der Waals surface area contributed by atoms with Gasteiger partial charge in [-0.05, 0) is 19.5 Å². The van der Waals surface area contributed by atoms with Gasteiger partial charge in [-0.2, -0.15) is 0 Å². The number of ether oxygens (including phenoxy) is 3. The van der Waals surface area contributed by atoms with Crippen LogP contribution in [0.25, 0.3) is 0 Å². The zero-order valence-corrected chi connectivity index (χ0v) is 13.2. The predicted molar refractivity (Wildman–Crippen MR) is 81.9 cm³/mol. The van der Waals surface area contributed by atoms with E-state index in [9.17, 15) is 0 Å². The van der Waals surface area contributed by atoms with E-state index in [-0.39, 0.29) is 0 Å². The zero-order chi connectivity index (χ0) is 15.1. The van der Waals surface area contributed by atoms with E-state index in [1.54, 1.807) is 21.3 Å². The van der Waals surface area contributed by atoms with Crippen LogP contribution in [0, 0.1) is 0 Å². The summed E-state index contributed by atoms with van der Waals surface area (Å²) in [5.74, 6) is 2.04. The van der Waals surface area contributed by atoms with Gasteiger partial charge in [-0.25, -0.2) is 0 Å². The molecule has 0 aliphatic rings. The smallest absolute Gasteiger partial charge is 0.203 e. The van der Waals surface area contributed by atoms with Crippen LogP contribution in [-0.2, 0) is 6.54 Å². The summed E-state index contributed by atoms with van der Waals surface area (Å²) in [4.78, 5) is 2.30. The van der Waals surface area contributed by atoms with Gasteiger partial charge in [0.05, 0.1) is 21.3 Å². The van der Waals surface area contributed by atoms with Gasteiger partial charge in [0, 0.05) is 18.7 Å². The number of hydrogen-bond donors (Lipinski definition) is 0. The quantitative estimate of drug-likeness (QED) is 0.684. The fourth-order valence-electron chi connectivity index (χ4n) is 2.19. The van der Waals surface area contributed by atoms with Crippen molar-refractivity contribution in [2.45, 2.75) is 20.4 Å². The number of likely N-dealkylation sites (N-methyl/N-ethyl adjacent to an activating group) is 1. The highest BCUT2D eigenvalue weighted by Crippen LogP contribution is 2.40. The number of methoxy groups -OCH3 is 3. The lowest BCUT2D eigenvalue weighted by Crippen LogP contribution is -2.24. The molecule has 1 rings (SSSR count). The Morgan fingerprint density at radius 2 is 1.75 bits per heavy atom. The molecule has 4 heteroatoms. The minimum absolute atomic E-state index is 0.638. The van der Waals surface area contributed by atoms with Gasteiger partial charge >= 0.3 is 0 Å². The fourth-order valence-corrected chi connectivity index (χ4v) is 2.19. The largest absolute Gasteiger partial charge is 0.493 e. The van der Waals surface area contributed by atoms with Crippen molar-refractivity contribution < 1.29 is 14.2 Å². The van der Waals surface area contributed by atoms with Gasteiger partial charge in [-0.3, -0.25) is 4.90 Å². The molecule has 0 spiro atoms. The first-order valence-electron chi connectivity index (χ1n) is 6.71. The highest BCUT2D eigenvalue weighted by atomic mass is 16.5. The van der Waals surface area contributed by atoms with E-state index >= 15 is 0 Å². The topological polar surface area (TPSA) is 30.9 Å². The zero-order valence-electron chi connectivity index (χ0n) is 13.2. The second-order valence-corrected chi connectivity index (χ2v) is 4.75. The Morgan fingerprint density at radius 1 is 1.10 bits per heavy atom. The highest BCUT2D eigenvalue weighted by Gasteiger charge is 2.17. The first-order chi connectivity index (χ1) is 9.57. The molecule has 20 heavy (non-hydrogen) atoms. The maximum absolute atomic E-state index is 5.51. The molecule has 0 aromatic heterocycles. The third-order valence-electron chi connectivity index (χ3n) is 3.12. The summed E-state index contributed by atoms with van der Waals surface area (Å²) in [6.07, 6.45) is 0. The van der Waals surface area contributed by atoms with Crippen LogP contribution in [0.15, 0.2) is 24.3 Å². The van der Waals surface area contributed by atoms with E-state index in [1.807, 2.05) is 19.1 Å². The Kier molecular flexibility index (Phi) is 6.39. The van der Waals surface area contributed by atoms with E-state index in [4.69, 9.17) is 14.2 Å². The van der Waals surface area contributed by atoms with Crippen LogP contribution in [0.5, 0.6) is 17.2 Å². The fraction of sp³-hybridized carbons (Fsp3) is 0.500. The van der Waals surface area contributed by atoms with Crippen LogP contribution in [-0.4, -0.2) is 39.3 Å². The van der Waals surface area contributed by atoms with Crippen LogP contribution in [0.3, 0.4) is 0 Å². The Labute approximate surface area is 121 Å². The summed E-state index contributed by atoms with van der Waals surface area (Å²) in [5.41, 5.74) is 2.22. The molecular weight excluding hydrogens is 254 g/mol. The molecule has 0 unspecified atom stereocenters. The maximum Gasteiger partial charge on any atom is 0.203 e. The Bertz CT molecular complexity index is 457. The van der Waals surface area contributed by atoms with E-state index in [0.717, 1.165) is 36.5 Å². The van der Waals surface area contributed by atoms with E-state index in [0.29, 0.717) is 11.5 Å². The average molecular weight is 279 g/mol. The summed E-state index contributed by atoms with van der Waals surface area (Å²) in [6.45, 7) is 10.7. The van der Waals surface area contributed by atoms with Crippen molar-refractivity contribution >= 4 is 0 Å². The van der Waals surface area contributed by atoms with Crippen molar-refractivity contribution in [3.05, 3.63) is 29.8 Å². The minimum atomic E-state index is 0.638. The highest BCUT2D eigenvalue weighted by molar-refractivity contribution is 5.55. The van der Waals surface area contributed by atoms with Crippen LogP contribution in [0.1, 0.15) is 19.4 Å². The number of rotatable bonds is 8. The number of benzene rings is 1. The Hall–Kier alpha value is -1.68. The van der Waals surface area contributed by atoms with E-state index in [2.05, 4.69) is 18.4 Å². The molecule has 112 valence electrons. The van der Waals surface area contributed by atoms with Gasteiger partial charge in [0.1, 0.15) is 0 Å². The molecule has 0 radical (unpaired) electrons. The first kappa shape index (κ1) is 16.4. The van der Waals surface area contributed by atoms with Gasteiger partial charge in [0.25, 0.3) is 0 Å². The Morgan fingerprint density at radius 3 is 2.20 bits per heavy atom. The van der Waals surface area contributed by atoms with Crippen molar-refractivity contribution in [3.63, 3.8) is 0 Å². The molecule has 0 aliphatic carbocycles. The lowest BCUT2D eigenvalue weighted by molar-refractivity contribution is 0.288.